The molecule has 0 bridgehead atoms. The number of hydrogen-bond acceptors (Lipinski definition) is 3. The molecule has 1 N–H and O–H groups in total. The van der Waals surface area contributed by atoms with Crippen LogP contribution in [0.3, 0.4) is 0 Å². The predicted octanol–water partition coefficient (Wildman–Crippen LogP) is 2.80. The molecule has 102 valence electrons. The van der Waals surface area contributed by atoms with E-state index in [1.54, 1.807) is 25.1 Å². The Kier molecular flexibility index (Phi) is 3.66. The lowest BCUT2D eigenvalue weighted by molar-refractivity contribution is -0.132. The van der Waals surface area contributed by atoms with E-state index in [0.29, 0.717) is 6.42 Å². The van der Waals surface area contributed by atoms with E-state index in [1.807, 2.05) is 0 Å². The Morgan fingerprint density at radius 3 is 2.20 bits per heavy atom. The van der Waals surface area contributed by atoms with Crippen LogP contribution in [-0.2, 0) is 4.79 Å². The number of carboxylic acid groups (broad SMARTS) is 1. The first-order valence-electron chi connectivity index (χ1n) is 6.22. The lowest BCUT2D eigenvalue weighted by Crippen LogP contribution is -2.26. The fourth-order valence-electron chi connectivity index (χ4n) is 2.23. The van der Waals surface area contributed by atoms with Crippen LogP contribution in [0.15, 0.2) is 47.6 Å². The third-order valence-electron chi connectivity index (χ3n) is 3.23. The second-order valence-corrected chi connectivity index (χ2v) is 4.82. The maximum atomic E-state index is 12.4. The molecule has 4 heteroatoms. The molecule has 20 heavy (non-hydrogen) atoms. The van der Waals surface area contributed by atoms with E-state index in [0.717, 1.165) is 5.57 Å². The lowest BCUT2D eigenvalue weighted by atomic mass is 9.82. The van der Waals surface area contributed by atoms with Crippen LogP contribution in [0.1, 0.15) is 40.5 Å². The molecule has 0 atom stereocenters. The molecular formula is C16H14O4. The molecule has 0 fully saturated rings. The van der Waals surface area contributed by atoms with Crippen LogP contribution in [0, 0.1) is 0 Å². The van der Waals surface area contributed by atoms with Crippen LogP contribution in [0.2, 0.25) is 0 Å². The average Bonchev–Trinajstić information content (AvgIpc) is 2.40. The summed E-state index contributed by atoms with van der Waals surface area (Å²) in [4.78, 5) is 36.0. The molecule has 2 rings (SSSR count). The largest absolute Gasteiger partial charge is 0.478 e. The number of carboxylic acids is 1. The maximum Gasteiger partial charge on any atom is 0.340 e. The number of carbonyl (C=O) groups is 3. The van der Waals surface area contributed by atoms with Crippen molar-refractivity contribution in [3.63, 3.8) is 0 Å². The number of allylic oxidation sites excluding steroid dienone is 2. The second kappa shape index (κ2) is 5.25. The van der Waals surface area contributed by atoms with Crippen molar-refractivity contribution in [2.24, 2.45) is 0 Å². The van der Waals surface area contributed by atoms with E-state index in [2.05, 4.69) is 6.58 Å². The molecule has 1 aromatic rings. The Hall–Kier alpha value is -2.49. The van der Waals surface area contributed by atoms with Crippen molar-refractivity contribution in [1.82, 2.24) is 0 Å². The predicted molar refractivity (Wildman–Crippen MR) is 73.8 cm³/mol. The van der Waals surface area contributed by atoms with Crippen LogP contribution < -0.4 is 0 Å². The third kappa shape index (κ3) is 2.32. The summed E-state index contributed by atoms with van der Waals surface area (Å²) in [6.07, 6.45) is 0.698. The standard InChI is InChI=1S/C16H14O4/c1-9(2)7-8-12-13(16(19)20)15(18)11-6-4-3-5-10(11)14(12)17/h3-6H,1,7-8H2,2H3,(H,19,20). The highest BCUT2D eigenvalue weighted by Crippen LogP contribution is 2.29. The van der Waals surface area contributed by atoms with Gasteiger partial charge in [-0.3, -0.25) is 9.59 Å². The quantitative estimate of drug-likeness (QED) is 0.674. The summed E-state index contributed by atoms with van der Waals surface area (Å²) in [5, 5.41) is 9.23. The SMILES string of the molecule is C=C(C)CCC1=C(C(=O)O)C(=O)c2ccccc2C1=O. The molecule has 1 aliphatic rings. The van der Waals surface area contributed by atoms with E-state index in [9.17, 15) is 19.5 Å². The Morgan fingerprint density at radius 2 is 1.70 bits per heavy atom. The van der Waals surface area contributed by atoms with Crippen LogP contribution >= 0.6 is 0 Å². The van der Waals surface area contributed by atoms with Gasteiger partial charge in [-0.2, -0.15) is 0 Å². The molecule has 0 saturated heterocycles. The van der Waals surface area contributed by atoms with Crippen molar-refractivity contribution >= 4 is 17.5 Å². The van der Waals surface area contributed by atoms with Crippen molar-refractivity contribution in [3.8, 4) is 0 Å². The first-order chi connectivity index (χ1) is 9.43. The minimum atomic E-state index is -1.35. The number of benzene rings is 1. The molecule has 0 radical (unpaired) electrons. The average molecular weight is 270 g/mol. The van der Waals surface area contributed by atoms with Gasteiger partial charge in [-0.1, -0.05) is 29.8 Å². The van der Waals surface area contributed by atoms with Gasteiger partial charge in [0.1, 0.15) is 5.57 Å². The monoisotopic (exact) mass is 270 g/mol. The van der Waals surface area contributed by atoms with E-state index in [1.165, 1.54) is 6.07 Å². The molecule has 0 heterocycles. The molecule has 0 saturated carbocycles. The zero-order valence-electron chi connectivity index (χ0n) is 11.1. The number of rotatable bonds is 4. The van der Waals surface area contributed by atoms with E-state index in [-0.39, 0.29) is 28.9 Å². The van der Waals surface area contributed by atoms with E-state index < -0.39 is 17.3 Å². The van der Waals surface area contributed by atoms with Gasteiger partial charge in [0.25, 0.3) is 0 Å². The summed E-state index contributed by atoms with van der Waals surface area (Å²) < 4.78 is 0. The second-order valence-electron chi connectivity index (χ2n) is 4.82. The van der Waals surface area contributed by atoms with Crippen molar-refractivity contribution in [3.05, 3.63) is 58.7 Å². The molecule has 4 nitrogen and oxygen atoms in total. The zero-order chi connectivity index (χ0) is 14.9. The summed E-state index contributed by atoms with van der Waals surface area (Å²) in [7, 11) is 0. The topological polar surface area (TPSA) is 71.4 Å². The van der Waals surface area contributed by atoms with Gasteiger partial charge in [-0.15, -0.1) is 6.58 Å². The van der Waals surface area contributed by atoms with Crippen molar-refractivity contribution in [2.45, 2.75) is 19.8 Å². The molecule has 0 aliphatic heterocycles. The van der Waals surface area contributed by atoms with Gasteiger partial charge in [0.2, 0.25) is 5.78 Å². The molecule has 1 aromatic carbocycles. The number of aliphatic carboxylic acids is 1. The fraction of sp³-hybridized carbons (Fsp3) is 0.188. The van der Waals surface area contributed by atoms with Crippen molar-refractivity contribution in [1.29, 1.82) is 0 Å². The van der Waals surface area contributed by atoms with Crippen LogP contribution in [0.25, 0.3) is 0 Å². The van der Waals surface area contributed by atoms with Gasteiger partial charge in [0, 0.05) is 16.7 Å². The van der Waals surface area contributed by atoms with Crippen LogP contribution in [0.4, 0.5) is 0 Å². The molecular weight excluding hydrogens is 256 g/mol. The highest BCUT2D eigenvalue weighted by molar-refractivity contribution is 6.35. The highest BCUT2D eigenvalue weighted by Gasteiger charge is 2.34. The smallest absolute Gasteiger partial charge is 0.340 e. The number of ketones is 2. The summed E-state index contributed by atoms with van der Waals surface area (Å²) in [6, 6.07) is 6.30. The number of Topliss-reactive ketones (excluding diaryl/α,β-unsaturated/α-hetero) is 2. The van der Waals surface area contributed by atoms with Crippen molar-refractivity contribution in [2.75, 3.05) is 0 Å². The van der Waals surface area contributed by atoms with Gasteiger partial charge < -0.3 is 5.11 Å². The summed E-state index contributed by atoms with van der Waals surface area (Å²) >= 11 is 0. The highest BCUT2D eigenvalue weighted by atomic mass is 16.4. The van der Waals surface area contributed by atoms with Crippen LogP contribution in [-0.4, -0.2) is 22.6 Å². The van der Waals surface area contributed by atoms with E-state index >= 15 is 0 Å². The number of fused-ring (bicyclic) bond motifs is 1. The Bertz CT molecular complexity index is 665. The summed E-state index contributed by atoms with van der Waals surface area (Å²) in [5.74, 6) is -2.32. The Balaban J connectivity index is 2.57. The summed E-state index contributed by atoms with van der Waals surface area (Å²) in [5.41, 5.74) is 0.939. The van der Waals surface area contributed by atoms with Crippen LogP contribution in [0.5, 0.6) is 0 Å². The number of carbonyl (C=O) groups excluding carboxylic acids is 2. The van der Waals surface area contributed by atoms with Crippen molar-refractivity contribution < 1.29 is 19.5 Å². The first-order valence-corrected chi connectivity index (χ1v) is 6.22. The van der Waals surface area contributed by atoms with Gasteiger partial charge in [-0.05, 0) is 19.8 Å². The summed E-state index contributed by atoms with van der Waals surface area (Å²) in [6.45, 7) is 5.53. The minimum Gasteiger partial charge on any atom is -0.478 e. The third-order valence-corrected chi connectivity index (χ3v) is 3.23. The molecule has 0 aromatic heterocycles. The minimum absolute atomic E-state index is 0.0733. The molecule has 1 aliphatic carbocycles. The zero-order valence-corrected chi connectivity index (χ0v) is 11.1. The van der Waals surface area contributed by atoms with Gasteiger partial charge >= 0.3 is 5.97 Å². The fourth-order valence-corrected chi connectivity index (χ4v) is 2.23. The van der Waals surface area contributed by atoms with Gasteiger partial charge in [-0.25, -0.2) is 4.79 Å². The number of hydrogen-bond donors (Lipinski definition) is 1. The Labute approximate surface area is 116 Å². The van der Waals surface area contributed by atoms with E-state index in [4.69, 9.17) is 0 Å². The van der Waals surface area contributed by atoms with Gasteiger partial charge in [0.15, 0.2) is 5.78 Å². The molecule has 0 amide bonds. The first kappa shape index (κ1) is 13.9. The Morgan fingerprint density at radius 1 is 1.15 bits per heavy atom. The maximum absolute atomic E-state index is 12.4. The molecule has 0 spiro atoms. The lowest BCUT2D eigenvalue weighted by Gasteiger charge is -2.18. The molecule has 0 unspecified atom stereocenters. The van der Waals surface area contributed by atoms with Gasteiger partial charge in [0.05, 0.1) is 0 Å². The normalized spacial score (nSPS) is 14.2.